The summed E-state index contributed by atoms with van der Waals surface area (Å²) in [6.07, 6.45) is 2.68. The summed E-state index contributed by atoms with van der Waals surface area (Å²) in [6.45, 7) is 0. The molecule has 4 heteroatoms. The van der Waals surface area contributed by atoms with Crippen LogP contribution in [-0.2, 0) is 0 Å². The summed E-state index contributed by atoms with van der Waals surface area (Å²) < 4.78 is 0.883. The molecule has 0 spiro atoms. The summed E-state index contributed by atoms with van der Waals surface area (Å²) in [5.41, 5.74) is 7.97. The van der Waals surface area contributed by atoms with E-state index in [0.717, 1.165) is 20.8 Å². The summed E-state index contributed by atoms with van der Waals surface area (Å²) in [5, 5.41) is 12.6. The SMILES string of the molecule is Nc1ccc(Br)cc1C(O)c1cncc2ccccc12. The minimum atomic E-state index is -0.800. The predicted molar refractivity (Wildman–Crippen MR) is 84.4 cm³/mol. The molecule has 0 bridgehead atoms. The normalized spacial score (nSPS) is 12.5. The highest BCUT2D eigenvalue weighted by Gasteiger charge is 2.16. The molecule has 0 aliphatic rings. The highest BCUT2D eigenvalue weighted by Crippen LogP contribution is 2.32. The van der Waals surface area contributed by atoms with Gasteiger partial charge >= 0.3 is 0 Å². The van der Waals surface area contributed by atoms with E-state index < -0.39 is 6.10 Å². The zero-order valence-electron chi connectivity index (χ0n) is 10.6. The monoisotopic (exact) mass is 328 g/mol. The molecule has 100 valence electrons. The van der Waals surface area contributed by atoms with Gasteiger partial charge in [-0.1, -0.05) is 40.2 Å². The number of halogens is 1. The van der Waals surface area contributed by atoms with Crippen LogP contribution in [0.5, 0.6) is 0 Å². The van der Waals surface area contributed by atoms with Gasteiger partial charge in [0.25, 0.3) is 0 Å². The maximum absolute atomic E-state index is 10.7. The number of rotatable bonds is 2. The van der Waals surface area contributed by atoms with E-state index in [1.807, 2.05) is 36.4 Å². The van der Waals surface area contributed by atoms with Gasteiger partial charge in [0, 0.05) is 39.1 Å². The number of aliphatic hydroxyl groups excluding tert-OH is 1. The fraction of sp³-hybridized carbons (Fsp3) is 0.0625. The average molecular weight is 329 g/mol. The van der Waals surface area contributed by atoms with Crippen LogP contribution in [0.2, 0.25) is 0 Å². The van der Waals surface area contributed by atoms with Gasteiger partial charge in [-0.15, -0.1) is 0 Å². The average Bonchev–Trinajstić information content (AvgIpc) is 2.48. The number of fused-ring (bicyclic) bond motifs is 1. The Balaban J connectivity index is 2.17. The quantitative estimate of drug-likeness (QED) is 0.706. The lowest BCUT2D eigenvalue weighted by Gasteiger charge is -2.16. The van der Waals surface area contributed by atoms with E-state index in [9.17, 15) is 5.11 Å². The minimum Gasteiger partial charge on any atom is -0.398 e. The molecule has 3 rings (SSSR count). The molecule has 1 aromatic heterocycles. The van der Waals surface area contributed by atoms with Crippen molar-refractivity contribution in [3.63, 3.8) is 0 Å². The summed E-state index contributed by atoms with van der Waals surface area (Å²) in [5.74, 6) is 0. The van der Waals surface area contributed by atoms with Crippen LogP contribution in [0.15, 0.2) is 59.3 Å². The summed E-state index contributed by atoms with van der Waals surface area (Å²) in [6, 6.07) is 13.3. The van der Waals surface area contributed by atoms with Crippen molar-refractivity contribution in [2.24, 2.45) is 0 Å². The molecule has 0 radical (unpaired) electrons. The molecule has 20 heavy (non-hydrogen) atoms. The van der Waals surface area contributed by atoms with E-state index >= 15 is 0 Å². The second kappa shape index (κ2) is 5.23. The third-order valence-corrected chi connectivity index (χ3v) is 3.83. The van der Waals surface area contributed by atoms with Gasteiger partial charge in [0.1, 0.15) is 6.10 Å². The fourth-order valence-corrected chi connectivity index (χ4v) is 2.69. The number of nitrogens with zero attached hydrogens (tertiary/aromatic N) is 1. The van der Waals surface area contributed by atoms with Gasteiger partial charge in [-0.2, -0.15) is 0 Å². The number of nitrogen functional groups attached to an aromatic ring is 1. The molecule has 3 aromatic rings. The van der Waals surface area contributed by atoms with Crippen LogP contribution in [0.25, 0.3) is 10.8 Å². The molecule has 1 heterocycles. The molecule has 2 aromatic carbocycles. The minimum absolute atomic E-state index is 0.564. The standard InChI is InChI=1S/C16H13BrN2O/c17-11-5-6-15(18)13(7-11)16(20)14-9-19-8-10-3-1-2-4-12(10)14/h1-9,16,20H,18H2. The number of nitrogens with two attached hydrogens (primary N) is 1. The van der Waals surface area contributed by atoms with Gasteiger partial charge in [-0.3, -0.25) is 4.98 Å². The maximum atomic E-state index is 10.7. The molecule has 0 saturated carbocycles. The molecule has 1 unspecified atom stereocenters. The number of benzene rings is 2. The van der Waals surface area contributed by atoms with Crippen LogP contribution in [0.1, 0.15) is 17.2 Å². The molecule has 3 N–H and O–H groups in total. The number of hydrogen-bond donors (Lipinski definition) is 2. The zero-order chi connectivity index (χ0) is 14.1. The first-order valence-corrected chi connectivity index (χ1v) is 7.02. The Hall–Kier alpha value is -1.91. The lowest BCUT2D eigenvalue weighted by Crippen LogP contribution is -2.05. The van der Waals surface area contributed by atoms with Gasteiger partial charge in [0.05, 0.1) is 0 Å². The Bertz CT molecular complexity index is 768. The molecular formula is C16H13BrN2O. The van der Waals surface area contributed by atoms with Crippen molar-refractivity contribution < 1.29 is 5.11 Å². The predicted octanol–water partition coefficient (Wildman–Crippen LogP) is 3.66. The van der Waals surface area contributed by atoms with Crippen LogP contribution in [0.3, 0.4) is 0 Å². The van der Waals surface area contributed by atoms with Crippen molar-refractivity contribution in [1.82, 2.24) is 4.98 Å². The van der Waals surface area contributed by atoms with Crippen LogP contribution < -0.4 is 5.73 Å². The van der Waals surface area contributed by atoms with E-state index in [0.29, 0.717) is 11.3 Å². The van der Waals surface area contributed by atoms with E-state index in [1.54, 1.807) is 18.5 Å². The Morgan fingerprint density at radius 1 is 1.05 bits per heavy atom. The van der Waals surface area contributed by atoms with E-state index in [1.165, 1.54) is 0 Å². The number of aliphatic hydroxyl groups is 1. The first kappa shape index (κ1) is 13.1. The largest absolute Gasteiger partial charge is 0.398 e. The lowest BCUT2D eigenvalue weighted by molar-refractivity contribution is 0.222. The van der Waals surface area contributed by atoms with Gasteiger partial charge in [0.15, 0.2) is 0 Å². The van der Waals surface area contributed by atoms with Crippen LogP contribution in [0.4, 0.5) is 5.69 Å². The Morgan fingerprint density at radius 2 is 1.85 bits per heavy atom. The highest BCUT2D eigenvalue weighted by molar-refractivity contribution is 9.10. The number of pyridine rings is 1. The highest BCUT2D eigenvalue weighted by atomic mass is 79.9. The van der Waals surface area contributed by atoms with Gasteiger partial charge in [0.2, 0.25) is 0 Å². The molecule has 1 atom stereocenters. The van der Waals surface area contributed by atoms with Crippen molar-refractivity contribution >= 4 is 32.4 Å². The molecule has 3 nitrogen and oxygen atoms in total. The van der Waals surface area contributed by atoms with Crippen molar-refractivity contribution in [2.75, 3.05) is 5.73 Å². The van der Waals surface area contributed by atoms with Crippen molar-refractivity contribution in [3.05, 3.63) is 70.5 Å². The fourth-order valence-electron chi connectivity index (χ4n) is 2.31. The first-order valence-electron chi connectivity index (χ1n) is 6.22. The third-order valence-electron chi connectivity index (χ3n) is 3.34. The Morgan fingerprint density at radius 3 is 2.70 bits per heavy atom. The van der Waals surface area contributed by atoms with Crippen LogP contribution >= 0.6 is 15.9 Å². The van der Waals surface area contributed by atoms with Crippen molar-refractivity contribution in [1.29, 1.82) is 0 Å². The first-order chi connectivity index (χ1) is 9.66. The second-order valence-electron chi connectivity index (χ2n) is 4.63. The third kappa shape index (κ3) is 2.28. The number of hydrogen-bond acceptors (Lipinski definition) is 3. The topological polar surface area (TPSA) is 59.1 Å². The van der Waals surface area contributed by atoms with Crippen molar-refractivity contribution in [2.45, 2.75) is 6.10 Å². The van der Waals surface area contributed by atoms with E-state index in [2.05, 4.69) is 20.9 Å². The summed E-state index contributed by atoms with van der Waals surface area (Å²) >= 11 is 3.40. The Labute approximate surface area is 125 Å². The second-order valence-corrected chi connectivity index (χ2v) is 5.54. The van der Waals surface area contributed by atoms with Crippen molar-refractivity contribution in [3.8, 4) is 0 Å². The lowest BCUT2D eigenvalue weighted by atomic mass is 9.97. The molecule has 0 fully saturated rings. The molecule has 0 aliphatic heterocycles. The van der Waals surface area contributed by atoms with Gasteiger partial charge in [-0.25, -0.2) is 0 Å². The summed E-state index contributed by atoms with van der Waals surface area (Å²) in [7, 11) is 0. The molecule has 0 amide bonds. The molecular weight excluding hydrogens is 316 g/mol. The van der Waals surface area contributed by atoms with Gasteiger partial charge < -0.3 is 10.8 Å². The Kier molecular flexibility index (Phi) is 3.42. The summed E-state index contributed by atoms with van der Waals surface area (Å²) in [4.78, 5) is 4.20. The molecule has 0 aliphatic carbocycles. The van der Waals surface area contributed by atoms with E-state index in [4.69, 9.17) is 5.73 Å². The smallest absolute Gasteiger partial charge is 0.108 e. The van der Waals surface area contributed by atoms with Crippen LogP contribution in [-0.4, -0.2) is 10.1 Å². The number of aromatic nitrogens is 1. The molecule has 0 saturated heterocycles. The van der Waals surface area contributed by atoms with Crippen LogP contribution in [0, 0.1) is 0 Å². The maximum Gasteiger partial charge on any atom is 0.108 e. The zero-order valence-corrected chi connectivity index (χ0v) is 12.2. The number of anilines is 1. The van der Waals surface area contributed by atoms with E-state index in [-0.39, 0.29) is 0 Å². The van der Waals surface area contributed by atoms with Gasteiger partial charge in [-0.05, 0) is 23.6 Å².